The van der Waals surface area contributed by atoms with E-state index >= 15 is 0 Å². The van der Waals surface area contributed by atoms with E-state index in [1.165, 1.54) is 23.0 Å². The molecule has 0 bridgehead atoms. The average molecular weight is 436 g/mol. The molecule has 30 heavy (non-hydrogen) atoms. The normalized spacial score (nSPS) is 11.6. The minimum Gasteiger partial charge on any atom is -0.403 e. The lowest BCUT2D eigenvalue weighted by Crippen LogP contribution is -2.18. The highest BCUT2D eigenvalue weighted by Gasteiger charge is 2.32. The summed E-state index contributed by atoms with van der Waals surface area (Å²) >= 11 is 0. The molecule has 0 amide bonds. The fourth-order valence-electron chi connectivity index (χ4n) is 2.25. The highest BCUT2D eigenvalue weighted by atomic mass is 19.4. The molecule has 2 heterocycles. The quantitative estimate of drug-likeness (QED) is 0.568. The second kappa shape index (κ2) is 9.65. The zero-order valence-corrected chi connectivity index (χ0v) is 15.8. The number of hydrogen-bond donors (Lipinski definition) is 2. The van der Waals surface area contributed by atoms with Crippen molar-refractivity contribution in [2.75, 3.05) is 5.32 Å². The van der Waals surface area contributed by atoms with Gasteiger partial charge in [0.15, 0.2) is 17.2 Å². The first kappa shape index (κ1) is 23.3. The Morgan fingerprint density at radius 2 is 1.83 bits per heavy atom. The molecule has 0 unspecified atom stereocenters. The Kier molecular flexibility index (Phi) is 7.48. The Morgan fingerprint density at radius 3 is 2.40 bits per heavy atom. The molecule has 0 saturated carbocycles. The van der Waals surface area contributed by atoms with Gasteiger partial charge in [-0.3, -0.25) is 0 Å². The van der Waals surface area contributed by atoms with E-state index in [9.17, 15) is 26.3 Å². The largest absolute Gasteiger partial charge is 0.573 e. The predicted octanol–water partition coefficient (Wildman–Crippen LogP) is 4.70. The number of aliphatic hydroxyl groups is 1. The number of fused-ring (bicyclic) bond motifs is 1. The van der Waals surface area contributed by atoms with Gasteiger partial charge in [0.1, 0.15) is 12.1 Å². The Balaban J connectivity index is 0.000000735. The molecule has 2 aromatic heterocycles. The molecule has 3 rings (SSSR count). The maximum Gasteiger partial charge on any atom is 0.573 e. The lowest BCUT2D eigenvalue weighted by molar-refractivity contribution is -0.275. The molecule has 164 valence electrons. The van der Waals surface area contributed by atoms with Crippen LogP contribution in [0.1, 0.15) is 31.4 Å². The number of aromatic nitrogens is 3. The number of aliphatic hydroxyl groups excluding tert-OH is 1. The third-order valence-corrected chi connectivity index (χ3v) is 3.35. The Morgan fingerprint density at radius 1 is 1.17 bits per heavy atom. The third kappa shape index (κ3) is 6.79. The highest BCUT2D eigenvalue weighted by molar-refractivity contribution is 5.52. The molecular formula is C18H18F6N4O2. The summed E-state index contributed by atoms with van der Waals surface area (Å²) in [7, 11) is 0. The highest BCUT2D eigenvalue weighted by Crippen LogP contribution is 2.27. The lowest BCUT2D eigenvalue weighted by atomic mass is 10.2. The van der Waals surface area contributed by atoms with Crippen molar-refractivity contribution in [1.29, 1.82) is 0 Å². The second-order valence-corrected chi connectivity index (χ2v) is 6.26. The summed E-state index contributed by atoms with van der Waals surface area (Å²) in [6.07, 6.45) is -6.72. The number of rotatable bonds is 5. The molecule has 0 spiro atoms. The monoisotopic (exact) mass is 436 g/mol. The number of halogens is 6. The van der Waals surface area contributed by atoms with E-state index in [2.05, 4.69) is 20.1 Å². The second-order valence-electron chi connectivity index (χ2n) is 6.26. The van der Waals surface area contributed by atoms with Gasteiger partial charge < -0.3 is 15.2 Å². The van der Waals surface area contributed by atoms with E-state index in [4.69, 9.17) is 5.11 Å². The molecule has 0 fully saturated rings. The summed E-state index contributed by atoms with van der Waals surface area (Å²) in [4.78, 5) is 3.83. The molecule has 0 aliphatic rings. The number of nitrogens with zero attached hydrogens (tertiary/aromatic N) is 3. The van der Waals surface area contributed by atoms with Crippen LogP contribution in [0.25, 0.3) is 5.65 Å². The van der Waals surface area contributed by atoms with Crippen molar-refractivity contribution in [3.05, 3.63) is 53.6 Å². The fraction of sp³-hybridized carbons (Fsp3) is 0.333. The molecule has 0 aliphatic carbocycles. The maximum atomic E-state index is 13.7. The summed E-state index contributed by atoms with van der Waals surface area (Å²) < 4.78 is 80.8. The Hall–Kier alpha value is -3.02. The minimum absolute atomic E-state index is 0.0507. The van der Waals surface area contributed by atoms with Crippen molar-refractivity contribution in [3.63, 3.8) is 0 Å². The topological polar surface area (TPSA) is 71.7 Å². The molecular weight excluding hydrogens is 418 g/mol. The first-order chi connectivity index (χ1) is 14.0. The first-order valence-electron chi connectivity index (χ1n) is 8.54. The molecule has 6 nitrogen and oxygen atoms in total. The van der Waals surface area contributed by atoms with Crippen LogP contribution in [0.15, 0.2) is 36.7 Å². The molecule has 1 aromatic carbocycles. The van der Waals surface area contributed by atoms with Crippen LogP contribution in [0.4, 0.5) is 32.2 Å². The summed E-state index contributed by atoms with van der Waals surface area (Å²) in [5.74, 6) is -1.99. The third-order valence-electron chi connectivity index (χ3n) is 3.35. The zero-order chi connectivity index (χ0) is 22.5. The number of alkyl halides is 5. The summed E-state index contributed by atoms with van der Waals surface area (Å²) in [5, 5.41) is 14.7. The predicted molar refractivity (Wildman–Crippen MR) is 95.7 cm³/mol. The van der Waals surface area contributed by atoms with Crippen LogP contribution in [-0.2, 0) is 6.54 Å². The van der Waals surface area contributed by atoms with Crippen LogP contribution in [0, 0.1) is 5.82 Å². The van der Waals surface area contributed by atoms with Crippen LogP contribution in [0.5, 0.6) is 5.75 Å². The lowest BCUT2D eigenvalue weighted by Gasteiger charge is -2.12. The van der Waals surface area contributed by atoms with E-state index in [0.717, 1.165) is 18.2 Å². The van der Waals surface area contributed by atoms with Gasteiger partial charge in [0, 0.05) is 18.2 Å². The number of ether oxygens (including phenoxy) is 1. The van der Waals surface area contributed by atoms with Crippen molar-refractivity contribution < 1.29 is 36.2 Å². The van der Waals surface area contributed by atoms with Crippen LogP contribution < -0.4 is 10.1 Å². The molecule has 0 saturated heterocycles. The van der Waals surface area contributed by atoms with Gasteiger partial charge in [-0.2, -0.15) is 9.61 Å². The van der Waals surface area contributed by atoms with Crippen LogP contribution in [0.2, 0.25) is 0 Å². The summed E-state index contributed by atoms with van der Waals surface area (Å²) in [6, 6.07) is 5.23. The van der Waals surface area contributed by atoms with Gasteiger partial charge in [0.25, 0.3) is 6.43 Å². The van der Waals surface area contributed by atoms with Crippen molar-refractivity contribution in [3.8, 4) is 5.75 Å². The van der Waals surface area contributed by atoms with Gasteiger partial charge in [-0.05, 0) is 43.7 Å². The van der Waals surface area contributed by atoms with Crippen LogP contribution in [-0.4, -0.2) is 32.2 Å². The summed E-state index contributed by atoms with van der Waals surface area (Å²) in [5.41, 5.74) is 0.172. The molecule has 12 heteroatoms. The van der Waals surface area contributed by atoms with Crippen molar-refractivity contribution in [2.45, 2.75) is 39.3 Å². The minimum atomic E-state index is -5.00. The average Bonchev–Trinajstić information content (AvgIpc) is 3.09. The van der Waals surface area contributed by atoms with E-state index in [0.29, 0.717) is 0 Å². The van der Waals surface area contributed by atoms with Gasteiger partial charge in [0.05, 0.1) is 0 Å². The van der Waals surface area contributed by atoms with Gasteiger partial charge in [-0.25, -0.2) is 18.2 Å². The maximum absolute atomic E-state index is 13.7. The van der Waals surface area contributed by atoms with Gasteiger partial charge in [-0.15, -0.1) is 13.2 Å². The van der Waals surface area contributed by atoms with E-state index in [-0.39, 0.29) is 35.2 Å². The molecule has 0 radical (unpaired) electrons. The number of pyridine rings is 1. The van der Waals surface area contributed by atoms with Crippen molar-refractivity contribution in [2.24, 2.45) is 0 Å². The Labute approximate surface area is 167 Å². The van der Waals surface area contributed by atoms with E-state index < -0.39 is 24.4 Å². The zero-order valence-electron chi connectivity index (χ0n) is 15.8. The van der Waals surface area contributed by atoms with E-state index in [1.54, 1.807) is 13.8 Å². The standard InChI is InChI=1S/C15H10F6N4O.C3H8O/c16-10-3-8(1-2-11(10)26-15(19,20)21)6-22-12-4-9(14(17)18)5-13-23-7-24-25(12)13;1-3(2)4/h1-5,7,14,22H,6H2;3-4H,1-2H3. The van der Waals surface area contributed by atoms with Crippen molar-refractivity contribution in [1.82, 2.24) is 14.6 Å². The fourth-order valence-corrected chi connectivity index (χ4v) is 2.25. The smallest absolute Gasteiger partial charge is 0.403 e. The summed E-state index contributed by atoms with van der Waals surface area (Å²) in [6.45, 7) is 3.39. The number of hydrogen-bond acceptors (Lipinski definition) is 5. The van der Waals surface area contributed by atoms with Crippen molar-refractivity contribution >= 4 is 11.5 Å². The molecule has 0 atom stereocenters. The van der Waals surface area contributed by atoms with Gasteiger partial charge >= 0.3 is 6.36 Å². The SMILES string of the molecule is CC(C)O.Fc1cc(CNc2cc(C(F)F)cc3ncnn23)ccc1OC(F)(F)F. The number of nitrogens with one attached hydrogen (secondary N) is 1. The van der Waals surface area contributed by atoms with Gasteiger partial charge in [-0.1, -0.05) is 6.07 Å². The molecule has 2 N–H and O–H groups in total. The molecule has 0 aliphatic heterocycles. The van der Waals surface area contributed by atoms with Crippen LogP contribution >= 0.6 is 0 Å². The number of benzene rings is 1. The Bertz CT molecular complexity index is 972. The van der Waals surface area contributed by atoms with Crippen LogP contribution in [0.3, 0.4) is 0 Å². The molecule has 3 aromatic rings. The number of anilines is 1. The van der Waals surface area contributed by atoms with Gasteiger partial charge in [0.2, 0.25) is 0 Å². The first-order valence-corrected chi connectivity index (χ1v) is 8.54. The van der Waals surface area contributed by atoms with E-state index in [1.807, 2.05) is 0 Å².